The van der Waals surface area contributed by atoms with E-state index in [4.69, 9.17) is 13.8 Å². The number of aromatic nitrogens is 1. The summed E-state index contributed by atoms with van der Waals surface area (Å²) in [5, 5.41) is 22.5. The standard InChI is InChI=1S/C35H59NO5Si2/c1-12-13-14-20-29(37)33-28-19-16-15-18-26(28)25-27(36-33)23-24-31(41-43(10,11)35(5,6)7)30(21-17-22-32(38)39)40-42(8,9)34(2,3)4/h15-16,18-19,23-25,29-31,37H,12-14,17,20-22H2,1-11H3,(H,38,39)/t29-,30?,31?/m1/s1. The molecule has 2 unspecified atom stereocenters. The van der Waals surface area contributed by atoms with Crippen molar-refractivity contribution in [2.45, 2.75) is 148 Å². The highest BCUT2D eigenvalue weighted by Gasteiger charge is 2.44. The first-order valence-electron chi connectivity index (χ1n) is 16.1. The number of aliphatic hydroxyl groups excluding tert-OH is 1. The van der Waals surface area contributed by atoms with Crippen LogP contribution in [0.1, 0.15) is 111 Å². The zero-order valence-corrected chi connectivity index (χ0v) is 30.8. The first-order chi connectivity index (χ1) is 19.8. The number of aliphatic carboxylic acids is 1. The Kier molecular flexibility index (Phi) is 13.4. The predicted octanol–water partition coefficient (Wildman–Crippen LogP) is 9.90. The number of rotatable bonds is 16. The molecule has 6 nitrogen and oxygen atoms in total. The van der Waals surface area contributed by atoms with Gasteiger partial charge in [-0.15, -0.1) is 0 Å². The molecule has 2 N–H and O–H groups in total. The number of unbranched alkanes of at least 4 members (excludes halogenated alkanes) is 2. The molecule has 1 aromatic carbocycles. The molecule has 2 aromatic rings. The van der Waals surface area contributed by atoms with Crippen LogP contribution in [0.5, 0.6) is 0 Å². The van der Waals surface area contributed by atoms with Crippen LogP contribution in [0.25, 0.3) is 16.8 Å². The molecule has 0 fully saturated rings. The maximum absolute atomic E-state index is 11.4. The summed E-state index contributed by atoms with van der Waals surface area (Å²) >= 11 is 0. The van der Waals surface area contributed by atoms with Gasteiger partial charge in [-0.05, 0) is 73.1 Å². The third-order valence-electron chi connectivity index (χ3n) is 9.38. The lowest BCUT2D eigenvalue weighted by molar-refractivity contribution is -0.137. The molecule has 0 saturated heterocycles. The zero-order chi connectivity index (χ0) is 32.6. The van der Waals surface area contributed by atoms with E-state index in [1.165, 1.54) is 0 Å². The molecule has 1 aromatic heterocycles. The van der Waals surface area contributed by atoms with Crippen molar-refractivity contribution >= 4 is 39.5 Å². The summed E-state index contributed by atoms with van der Waals surface area (Å²) in [6.45, 7) is 24.5. The van der Waals surface area contributed by atoms with Crippen LogP contribution >= 0.6 is 0 Å². The third kappa shape index (κ3) is 10.9. The van der Waals surface area contributed by atoms with Gasteiger partial charge in [-0.3, -0.25) is 9.78 Å². The minimum Gasteiger partial charge on any atom is -0.481 e. The van der Waals surface area contributed by atoms with E-state index < -0.39 is 28.7 Å². The molecule has 0 aliphatic carbocycles. The van der Waals surface area contributed by atoms with Gasteiger partial charge < -0.3 is 19.1 Å². The van der Waals surface area contributed by atoms with Crippen molar-refractivity contribution in [1.82, 2.24) is 4.98 Å². The Morgan fingerprint density at radius 3 is 2.12 bits per heavy atom. The van der Waals surface area contributed by atoms with E-state index in [-0.39, 0.29) is 28.7 Å². The number of carbonyl (C=O) groups is 1. The molecule has 3 atom stereocenters. The van der Waals surface area contributed by atoms with Crippen LogP contribution in [0.3, 0.4) is 0 Å². The van der Waals surface area contributed by atoms with Crippen LogP contribution in [-0.2, 0) is 13.6 Å². The van der Waals surface area contributed by atoms with Gasteiger partial charge in [0.2, 0.25) is 0 Å². The molecule has 0 spiro atoms. The van der Waals surface area contributed by atoms with Crippen molar-refractivity contribution in [3.05, 3.63) is 47.8 Å². The molecule has 0 bridgehead atoms. The number of carboxylic acids is 1. The number of benzene rings is 1. The van der Waals surface area contributed by atoms with Gasteiger partial charge in [0, 0.05) is 11.8 Å². The monoisotopic (exact) mass is 629 g/mol. The normalized spacial score (nSPS) is 15.6. The number of pyridine rings is 1. The first-order valence-corrected chi connectivity index (χ1v) is 21.9. The van der Waals surface area contributed by atoms with Gasteiger partial charge in [0.25, 0.3) is 0 Å². The van der Waals surface area contributed by atoms with Gasteiger partial charge in [0.1, 0.15) is 0 Å². The Bertz CT molecular complexity index is 1210. The van der Waals surface area contributed by atoms with E-state index in [0.717, 1.165) is 35.7 Å². The summed E-state index contributed by atoms with van der Waals surface area (Å²) in [5.74, 6) is -0.797. The van der Waals surface area contributed by atoms with Crippen LogP contribution in [0.4, 0.5) is 0 Å². The Labute approximate surface area is 263 Å². The maximum atomic E-state index is 11.4. The van der Waals surface area contributed by atoms with Crippen LogP contribution in [-0.4, -0.2) is 50.0 Å². The minimum absolute atomic E-state index is 0.00793. The van der Waals surface area contributed by atoms with E-state index >= 15 is 0 Å². The van der Waals surface area contributed by atoms with Crippen molar-refractivity contribution < 1.29 is 23.9 Å². The third-order valence-corrected chi connectivity index (χ3v) is 18.4. The average molecular weight is 630 g/mol. The number of nitrogens with zero attached hydrogens (tertiary/aromatic N) is 1. The van der Waals surface area contributed by atoms with E-state index in [0.29, 0.717) is 25.0 Å². The lowest BCUT2D eigenvalue weighted by Gasteiger charge is -2.44. The van der Waals surface area contributed by atoms with Crippen LogP contribution in [0, 0.1) is 0 Å². The van der Waals surface area contributed by atoms with Gasteiger partial charge in [-0.25, -0.2) is 0 Å². The zero-order valence-electron chi connectivity index (χ0n) is 28.8. The van der Waals surface area contributed by atoms with E-state index in [1.807, 2.05) is 24.3 Å². The first kappa shape index (κ1) is 37.3. The van der Waals surface area contributed by atoms with E-state index in [9.17, 15) is 15.0 Å². The molecule has 0 aliphatic heterocycles. The molecule has 242 valence electrons. The van der Waals surface area contributed by atoms with Gasteiger partial charge in [-0.2, -0.15) is 0 Å². The highest BCUT2D eigenvalue weighted by molar-refractivity contribution is 6.74. The molecule has 0 amide bonds. The topological polar surface area (TPSA) is 88.9 Å². The molecule has 43 heavy (non-hydrogen) atoms. The number of aliphatic hydroxyl groups is 1. The SMILES string of the molecule is CCCCC[C@@H](O)c1nc(C=CC(O[Si](C)(C)C(C)(C)C)C(CCCC(=O)O)O[Si](C)(C)C(C)(C)C)cc2ccccc12. The molecular formula is C35H59NO5Si2. The summed E-state index contributed by atoms with van der Waals surface area (Å²) in [7, 11) is -4.44. The summed E-state index contributed by atoms with van der Waals surface area (Å²) in [6, 6.07) is 10.2. The highest BCUT2D eigenvalue weighted by Crippen LogP contribution is 2.41. The van der Waals surface area contributed by atoms with Crippen LogP contribution in [0.15, 0.2) is 36.4 Å². The van der Waals surface area contributed by atoms with Crippen LogP contribution in [0.2, 0.25) is 36.3 Å². The summed E-state index contributed by atoms with van der Waals surface area (Å²) in [4.78, 5) is 16.4. The number of carboxylic acid groups (broad SMARTS) is 1. The molecule has 0 aliphatic rings. The van der Waals surface area contributed by atoms with E-state index in [2.05, 4.69) is 92.9 Å². The minimum atomic E-state index is -2.23. The Hall–Kier alpha value is -1.85. The summed E-state index contributed by atoms with van der Waals surface area (Å²) in [6.07, 6.45) is 7.82. The molecule has 0 saturated carbocycles. The Morgan fingerprint density at radius 2 is 1.53 bits per heavy atom. The lowest BCUT2D eigenvalue weighted by atomic mass is 10.0. The van der Waals surface area contributed by atoms with Gasteiger partial charge in [-0.1, -0.05) is 98.1 Å². The van der Waals surface area contributed by atoms with E-state index in [1.54, 1.807) is 0 Å². The molecule has 0 radical (unpaired) electrons. The molecular weight excluding hydrogens is 571 g/mol. The van der Waals surface area contributed by atoms with Crippen molar-refractivity contribution in [2.75, 3.05) is 0 Å². The molecule has 8 heteroatoms. The Balaban J connectivity index is 2.60. The molecule has 1 heterocycles. The second-order valence-corrected chi connectivity index (χ2v) is 24.6. The van der Waals surface area contributed by atoms with Crippen molar-refractivity contribution in [3.8, 4) is 0 Å². The van der Waals surface area contributed by atoms with Gasteiger partial charge >= 0.3 is 5.97 Å². The maximum Gasteiger partial charge on any atom is 0.303 e. The Morgan fingerprint density at radius 1 is 0.930 bits per heavy atom. The second-order valence-electron chi connectivity index (χ2n) is 15.1. The van der Waals surface area contributed by atoms with Crippen molar-refractivity contribution in [2.24, 2.45) is 0 Å². The van der Waals surface area contributed by atoms with Crippen molar-refractivity contribution in [1.29, 1.82) is 0 Å². The number of hydrogen-bond donors (Lipinski definition) is 2. The second kappa shape index (κ2) is 15.4. The highest BCUT2D eigenvalue weighted by atomic mass is 28.4. The van der Waals surface area contributed by atoms with Crippen LogP contribution < -0.4 is 0 Å². The predicted molar refractivity (Wildman–Crippen MR) is 186 cm³/mol. The fourth-order valence-corrected chi connectivity index (χ4v) is 7.19. The van der Waals surface area contributed by atoms with Gasteiger partial charge in [0.15, 0.2) is 16.6 Å². The fraction of sp³-hybridized carbons (Fsp3) is 0.657. The smallest absolute Gasteiger partial charge is 0.303 e. The quantitative estimate of drug-likeness (QED) is 0.142. The summed E-state index contributed by atoms with van der Waals surface area (Å²) in [5.41, 5.74) is 1.48. The lowest BCUT2D eigenvalue weighted by Crippen LogP contribution is -2.51. The number of hydrogen-bond acceptors (Lipinski definition) is 5. The largest absolute Gasteiger partial charge is 0.481 e. The fourth-order valence-electron chi connectivity index (χ4n) is 4.56. The number of fused-ring (bicyclic) bond motifs is 1. The van der Waals surface area contributed by atoms with Crippen molar-refractivity contribution in [3.63, 3.8) is 0 Å². The van der Waals surface area contributed by atoms with Gasteiger partial charge in [0.05, 0.1) is 29.7 Å². The summed E-state index contributed by atoms with van der Waals surface area (Å²) < 4.78 is 14.1. The average Bonchev–Trinajstić information content (AvgIpc) is 2.88. The molecule has 2 rings (SSSR count).